The monoisotopic (exact) mass is 292 g/mol. The number of nitrogens with zero attached hydrogens (tertiary/aromatic N) is 3. The number of hydrogen-bond donors (Lipinski definition) is 1. The quantitative estimate of drug-likeness (QED) is 0.940. The van der Waals surface area contributed by atoms with Crippen LogP contribution < -0.4 is 10.5 Å². The maximum Gasteiger partial charge on any atom is 0.169 e. The van der Waals surface area contributed by atoms with Crippen LogP contribution in [0.5, 0.6) is 5.75 Å². The number of halogens is 1. The van der Waals surface area contributed by atoms with Crippen LogP contribution >= 0.6 is 11.6 Å². The highest BCUT2D eigenvalue weighted by Crippen LogP contribution is 2.33. The predicted octanol–water partition coefficient (Wildman–Crippen LogP) is 2.45. The van der Waals surface area contributed by atoms with E-state index in [9.17, 15) is 0 Å². The lowest BCUT2D eigenvalue weighted by molar-refractivity contribution is 0.352. The van der Waals surface area contributed by atoms with Crippen molar-refractivity contribution in [3.05, 3.63) is 34.0 Å². The summed E-state index contributed by atoms with van der Waals surface area (Å²) < 4.78 is 7.55. The van der Waals surface area contributed by atoms with Crippen LogP contribution in [0.4, 0.5) is 5.82 Å². The van der Waals surface area contributed by atoms with E-state index in [4.69, 9.17) is 22.1 Å². The summed E-state index contributed by atoms with van der Waals surface area (Å²) in [4.78, 5) is 0. The standard InChI is InChI=1S/C14H17ClN4O/c1-2-3-12-14(16)17-18-19(12)8-10-7-11(15)6-9-4-5-20-13(9)10/h6-7H,2-5,8,16H2,1H3. The van der Waals surface area contributed by atoms with Gasteiger partial charge in [-0.25, -0.2) is 4.68 Å². The molecule has 0 fully saturated rings. The highest BCUT2D eigenvalue weighted by molar-refractivity contribution is 6.30. The van der Waals surface area contributed by atoms with E-state index in [0.717, 1.165) is 46.9 Å². The van der Waals surface area contributed by atoms with Crippen molar-refractivity contribution in [1.82, 2.24) is 15.0 Å². The van der Waals surface area contributed by atoms with E-state index in [-0.39, 0.29) is 0 Å². The van der Waals surface area contributed by atoms with Gasteiger partial charge in [-0.3, -0.25) is 0 Å². The highest BCUT2D eigenvalue weighted by Gasteiger charge is 2.19. The van der Waals surface area contributed by atoms with Gasteiger partial charge in [-0.2, -0.15) is 0 Å². The normalized spacial score (nSPS) is 13.3. The van der Waals surface area contributed by atoms with E-state index >= 15 is 0 Å². The van der Waals surface area contributed by atoms with E-state index in [0.29, 0.717) is 19.0 Å². The first-order chi connectivity index (χ1) is 9.69. The number of ether oxygens (including phenoxy) is 1. The molecule has 0 radical (unpaired) electrons. The maximum absolute atomic E-state index is 6.18. The van der Waals surface area contributed by atoms with Crippen molar-refractivity contribution >= 4 is 17.4 Å². The van der Waals surface area contributed by atoms with E-state index in [1.807, 2.05) is 16.8 Å². The van der Waals surface area contributed by atoms with Gasteiger partial charge < -0.3 is 10.5 Å². The third-order valence-corrected chi connectivity index (χ3v) is 3.72. The number of benzene rings is 1. The Morgan fingerprint density at radius 2 is 2.30 bits per heavy atom. The molecule has 0 aliphatic carbocycles. The van der Waals surface area contributed by atoms with Crippen LogP contribution in [-0.4, -0.2) is 21.6 Å². The molecule has 1 aliphatic heterocycles. The van der Waals surface area contributed by atoms with E-state index in [2.05, 4.69) is 17.2 Å². The first kappa shape index (κ1) is 13.2. The third kappa shape index (κ3) is 2.33. The van der Waals surface area contributed by atoms with Gasteiger partial charge >= 0.3 is 0 Å². The Morgan fingerprint density at radius 1 is 1.45 bits per heavy atom. The van der Waals surface area contributed by atoms with E-state index in [1.165, 1.54) is 0 Å². The van der Waals surface area contributed by atoms with Crippen molar-refractivity contribution in [2.45, 2.75) is 32.7 Å². The van der Waals surface area contributed by atoms with Gasteiger partial charge in [0.1, 0.15) is 5.75 Å². The van der Waals surface area contributed by atoms with Gasteiger partial charge in [0, 0.05) is 17.0 Å². The van der Waals surface area contributed by atoms with Crippen molar-refractivity contribution in [3.63, 3.8) is 0 Å². The third-order valence-electron chi connectivity index (χ3n) is 3.50. The van der Waals surface area contributed by atoms with Crippen molar-refractivity contribution < 1.29 is 4.74 Å². The molecular formula is C14H17ClN4O. The molecule has 6 heteroatoms. The summed E-state index contributed by atoms with van der Waals surface area (Å²) in [6.07, 6.45) is 2.77. The molecule has 1 aromatic heterocycles. The molecular weight excluding hydrogens is 276 g/mol. The summed E-state index contributed by atoms with van der Waals surface area (Å²) >= 11 is 6.18. The summed E-state index contributed by atoms with van der Waals surface area (Å²) in [5, 5.41) is 8.82. The van der Waals surface area contributed by atoms with Gasteiger partial charge in [0.25, 0.3) is 0 Å². The Morgan fingerprint density at radius 3 is 3.10 bits per heavy atom. The Balaban J connectivity index is 1.96. The molecule has 2 aromatic rings. The summed E-state index contributed by atoms with van der Waals surface area (Å²) in [7, 11) is 0. The summed E-state index contributed by atoms with van der Waals surface area (Å²) in [5.41, 5.74) is 9.04. The second-order valence-corrected chi connectivity index (χ2v) is 5.42. The van der Waals surface area contributed by atoms with Crippen LogP contribution in [0.3, 0.4) is 0 Å². The molecule has 20 heavy (non-hydrogen) atoms. The topological polar surface area (TPSA) is 66.0 Å². The fourth-order valence-corrected chi connectivity index (χ4v) is 2.86. The zero-order chi connectivity index (χ0) is 14.1. The predicted molar refractivity (Wildman–Crippen MR) is 78.2 cm³/mol. The smallest absolute Gasteiger partial charge is 0.169 e. The van der Waals surface area contributed by atoms with Gasteiger partial charge in [0.2, 0.25) is 0 Å². The molecule has 5 nitrogen and oxygen atoms in total. The molecule has 0 saturated carbocycles. The number of fused-ring (bicyclic) bond motifs is 1. The van der Waals surface area contributed by atoms with E-state index < -0.39 is 0 Å². The molecule has 0 unspecified atom stereocenters. The molecule has 0 bridgehead atoms. The number of anilines is 1. The van der Waals surface area contributed by atoms with Gasteiger partial charge in [-0.15, -0.1) is 5.10 Å². The number of nitrogens with two attached hydrogens (primary N) is 1. The number of nitrogen functional groups attached to an aromatic ring is 1. The highest BCUT2D eigenvalue weighted by atomic mass is 35.5. The molecule has 2 N–H and O–H groups in total. The summed E-state index contributed by atoms with van der Waals surface area (Å²) in [6, 6.07) is 3.90. The average Bonchev–Trinajstić information content (AvgIpc) is 3.00. The number of aromatic nitrogens is 3. The Kier molecular flexibility index (Phi) is 3.53. The molecule has 0 amide bonds. The van der Waals surface area contributed by atoms with Crippen molar-refractivity contribution in [1.29, 1.82) is 0 Å². The minimum absolute atomic E-state index is 0.506. The fourth-order valence-electron chi connectivity index (χ4n) is 2.59. The van der Waals surface area contributed by atoms with Gasteiger partial charge in [-0.05, 0) is 24.1 Å². The average molecular weight is 293 g/mol. The zero-order valence-electron chi connectivity index (χ0n) is 11.4. The Bertz CT molecular complexity index is 638. The van der Waals surface area contributed by atoms with Gasteiger partial charge in [0.15, 0.2) is 5.82 Å². The molecule has 0 spiro atoms. The number of rotatable bonds is 4. The number of hydrogen-bond acceptors (Lipinski definition) is 4. The van der Waals surface area contributed by atoms with Crippen LogP contribution in [0, 0.1) is 0 Å². The second kappa shape index (κ2) is 5.32. The first-order valence-electron chi connectivity index (χ1n) is 6.81. The van der Waals surface area contributed by atoms with Crippen LogP contribution in [0.1, 0.15) is 30.2 Å². The molecule has 1 aliphatic rings. The summed E-state index contributed by atoms with van der Waals surface area (Å²) in [5.74, 6) is 1.44. The largest absolute Gasteiger partial charge is 0.493 e. The Hall–Kier alpha value is -1.75. The molecule has 106 valence electrons. The SMILES string of the molecule is CCCc1c(N)nnn1Cc1cc(Cl)cc2c1OCC2. The first-order valence-corrected chi connectivity index (χ1v) is 7.18. The van der Waals surface area contributed by atoms with Gasteiger partial charge in [0.05, 0.1) is 18.8 Å². The van der Waals surface area contributed by atoms with Gasteiger partial charge in [-0.1, -0.05) is 30.2 Å². The fraction of sp³-hybridized carbons (Fsp3) is 0.429. The molecule has 0 saturated heterocycles. The molecule has 1 aromatic carbocycles. The summed E-state index contributed by atoms with van der Waals surface area (Å²) in [6.45, 7) is 3.41. The van der Waals surface area contributed by atoms with Crippen LogP contribution in [0.15, 0.2) is 12.1 Å². The molecule has 3 rings (SSSR count). The lowest BCUT2D eigenvalue weighted by Crippen LogP contribution is -2.08. The lowest BCUT2D eigenvalue weighted by Gasteiger charge is -2.11. The lowest BCUT2D eigenvalue weighted by atomic mass is 10.1. The zero-order valence-corrected chi connectivity index (χ0v) is 12.2. The minimum Gasteiger partial charge on any atom is -0.493 e. The van der Waals surface area contributed by atoms with Crippen molar-refractivity contribution in [2.24, 2.45) is 0 Å². The second-order valence-electron chi connectivity index (χ2n) is 4.98. The van der Waals surface area contributed by atoms with Crippen LogP contribution in [-0.2, 0) is 19.4 Å². The van der Waals surface area contributed by atoms with E-state index in [1.54, 1.807) is 0 Å². The Labute approximate surface area is 122 Å². The molecule has 0 atom stereocenters. The van der Waals surface area contributed by atoms with Crippen molar-refractivity contribution in [2.75, 3.05) is 12.3 Å². The van der Waals surface area contributed by atoms with Crippen LogP contribution in [0.2, 0.25) is 5.02 Å². The van der Waals surface area contributed by atoms with Crippen LogP contribution in [0.25, 0.3) is 0 Å². The maximum atomic E-state index is 6.18. The molecule has 2 heterocycles. The van der Waals surface area contributed by atoms with Crippen molar-refractivity contribution in [3.8, 4) is 5.75 Å². The minimum atomic E-state index is 0.506.